The Labute approximate surface area is 159 Å². The molecule has 0 aliphatic heterocycles. The zero-order chi connectivity index (χ0) is 19.6. The van der Waals surface area contributed by atoms with Gasteiger partial charge in [0.15, 0.2) is 0 Å². The predicted molar refractivity (Wildman–Crippen MR) is 106 cm³/mol. The molecule has 2 aromatic carbocycles. The van der Waals surface area contributed by atoms with E-state index in [2.05, 4.69) is 16.0 Å². The van der Waals surface area contributed by atoms with Crippen molar-refractivity contribution in [2.24, 2.45) is 0 Å². The number of nitrogens with one attached hydrogen (secondary N) is 3. The van der Waals surface area contributed by atoms with Crippen molar-refractivity contribution in [1.29, 1.82) is 0 Å². The lowest BCUT2D eigenvalue weighted by Crippen LogP contribution is -2.36. The van der Waals surface area contributed by atoms with Crippen LogP contribution in [0.1, 0.15) is 42.1 Å². The van der Waals surface area contributed by atoms with Crippen molar-refractivity contribution < 1.29 is 14.4 Å². The Bertz CT molecular complexity index is 773. The average molecular weight is 367 g/mol. The molecule has 0 bridgehead atoms. The summed E-state index contributed by atoms with van der Waals surface area (Å²) in [5.41, 5.74) is 2.12. The van der Waals surface area contributed by atoms with Crippen molar-refractivity contribution in [3.05, 3.63) is 65.7 Å². The highest BCUT2D eigenvalue weighted by Gasteiger charge is 2.17. The van der Waals surface area contributed by atoms with Crippen LogP contribution in [0, 0.1) is 0 Å². The van der Waals surface area contributed by atoms with Gasteiger partial charge in [-0.15, -0.1) is 0 Å². The molecule has 0 aromatic heterocycles. The lowest BCUT2D eigenvalue weighted by Gasteiger charge is -2.15. The topological polar surface area (TPSA) is 87.3 Å². The van der Waals surface area contributed by atoms with Gasteiger partial charge in [-0.1, -0.05) is 37.3 Å². The lowest BCUT2D eigenvalue weighted by atomic mass is 9.96. The molecule has 0 radical (unpaired) electrons. The maximum absolute atomic E-state index is 12.4. The zero-order valence-corrected chi connectivity index (χ0v) is 15.6. The normalized spacial score (nSPS) is 11.3. The molecule has 6 nitrogen and oxygen atoms in total. The first kappa shape index (κ1) is 20.2. The number of benzene rings is 2. The summed E-state index contributed by atoms with van der Waals surface area (Å²) in [5, 5.41) is 8.29. The fourth-order valence-corrected chi connectivity index (χ4v) is 2.75. The van der Waals surface area contributed by atoms with E-state index in [0.717, 1.165) is 5.56 Å². The largest absolute Gasteiger partial charge is 0.354 e. The molecule has 0 aliphatic rings. The molecule has 3 N–H and O–H groups in total. The van der Waals surface area contributed by atoms with E-state index in [-0.39, 0.29) is 23.6 Å². The summed E-state index contributed by atoms with van der Waals surface area (Å²) in [6.07, 6.45) is 0.711. The highest BCUT2D eigenvalue weighted by molar-refractivity contribution is 5.95. The van der Waals surface area contributed by atoms with Gasteiger partial charge in [0.25, 0.3) is 5.91 Å². The lowest BCUT2D eigenvalue weighted by molar-refractivity contribution is -0.122. The Morgan fingerprint density at radius 1 is 0.889 bits per heavy atom. The molecule has 142 valence electrons. The Morgan fingerprint density at radius 2 is 1.52 bits per heavy atom. The van der Waals surface area contributed by atoms with Crippen molar-refractivity contribution in [2.45, 2.75) is 26.2 Å². The molecule has 0 fully saturated rings. The molecule has 2 aromatic rings. The fourth-order valence-electron chi connectivity index (χ4n) is 2.75. The molecule has 2 rings (SSSR count). The molecule has 0 spiro atoms. The van der Waals surface area contributed by atoms with Crippen LogP contribution in [0.2, 0.25) is 0 Å². The minimum Gasteiger partial charge on any atom is -0.354 e. The van der Waals surface area contributed by atoms with Crippen LogP contribution in [0.4, 0.5) is 5.69 Å². The molecular formula is C21H25N3O3. The smallest absolute Gasteiger partial charge is 0.251 e. The predicted octanol–water partition coefficient (Wildman–Crippen LogP) is 2.68. The van der Waals surface area contributed by atoms with Gasteiger partial charge in [0, 0.05) is 31.3 Å². The standard InChI is InChI=1S/C21H25N3O3/c1-3-19(16-7-5-4-6-8-16)21(27)23-14-13-22-20(26)17-9-11-18(12-10-17)24-15(2)25/h4-12,19H,3,13-14H2,1-2H3,(H,22,26)(H,23,27)(H,24,25). The second-order valence-electron chi connectivity index (χ2n) is 6.18. The third-order valence-corrected chi connectivity index (χ3v) is 4.10. The van der Waals surface area contributed by atoms with Crippen LogP contribution >= 0.6 is 0 Å². The average Bonchev–Trinajstić information content (AvgIpc) is 2.66. The van der Waals surface area contributed by atoms with Gasteiger partial charge in [0.1, 0.15) is 0 Å². The van der Waals surface area contributed by atoms with E-state index in [9.17, 15) is 14.4 Å². The van der Waals surface area contributed by atoms with Crippen LogP contribution < -0.4 is 16.0 Å². The van der Waals surface area contributed by atoms with Gasteiger partial charge in [-0.05, 0) is 36.2 Å². The molecule has 1 atom stereocenters. The van der Waals surface area contributed by atoms with Crippen LogP contribution in [0.25, 0.3) is 0 Å². The van der Waals surface area contributed by atoms with Gasteiger partial charge in [-0.2, -0.15) is 0 Å². The van der Waals surface area contributed by atoms with E-state index in [1.807, 2.05) is 37.3 Å². The maximum atomic E-state index is 12.4. The Hall–Kier alpha value is -3.15. The molecule has 27 heavy (non-hydrogen) atoms. The molecule has 0 saturated carbocycles. The summed E-state index contributed by atoms with van der Waals surface area (Å²) >= 11 is 0. The van der Waals surface area contributed by atoms with Crippen LogP contribution in [0.5, 0.6) is 0 Å². The van der Waals surface area contributed by atoms with Gasteiger partial charge in [0.2, 0.25) is 11.8 Å². The van der Waals surface area contributed by atoms with Crippen LogP contribution in [0.15, 0.2) is 54.6 Å². The molecule has 0 heterocycles. The third-order valence-electron chi connectivity index (χ3n) is 4.10. The summed E-state index contributed by atoms with van der Waals surface area (Å²) in [7, 11) is 0. The number of amides is 3. The van der Waals surface area contributed by atoms with Gasteiger partial charge < -0.3 is 16.0 Å². The van der Waals surface area contributed by atoms with E-state index < -0.39 is 0 Å². The minimum absolute atomic E-state index is 0.0439. The minimum atomic E-state index is -0.228. The molecule has 0 aliphatic carbocycles. The van der Waals surface area contributed by atoms with Gasteiger partial charge in [0.05, 0.1) is 5.92 Å². The third kappa shape index (κ3) is 6.26. The van der Waals surface area contributed by atoms with E-state index in [1.165, 1.54) is 6.92 Å². The Morgan fingerprint density at radius 3 is 2.11 bits per heavy atom. The number of carbonyl (C=O) groups excluding carboxylic acids is 3. The van der Waals surface area contributed by atoms with E-state index in [4.69, 9.17) is 0 Å². The number of anilines is 1. The van der Waals surface area contributed by atoms with E-state index >= 15 is 0 Å². The first-order valence-electron chi connectivity index (χ1n) is 8.99. The Balaban J connectivity index is 1.77. The highest BCUT2D eigenvalue weighted by atomic mass is 16.2. The second kappa shape index (κ2) is 10.1. The number of rotatable bonds is 8. The van der Waals surface area contributed by atoms with Crippen LogP contribution in [-0.4, -0.2) is 30.8 Å². The molecular weight excluding hydrogens is 342 g/mol. The highest BCUT2D eigenvalue weighted by Crippen LogP contribution is 2.18. The van der Waals surface area contributed by atoms with E-state index in [0.29, 0.717) is 30.8 Å². The quantitative estimate of drug-likeness (QED) is 0.627. The van der Waals surface area contributed by atoms with Crippen LogP contribution in [0.3, 0.4) is 0 Å². The van der Waals surface area contributed by atoms with Gasteiger partial charge in [-0.3, -0.25) is 14.4 Å². The Kier molecular flexibility index (Phi) is 7.55. The van der Waals surface area contributed by atoms with Gasteiger partial charge >= 0.3 is 0 Å². The summed E-state index contributed by atoms with van der Waals surface area (Å²) in [4.78, 5) is 35.5. The molecule has 1 unspecified atom stereocenters. The van der Waals surface area contributed by atoms with E-state index in [1.54, 1.807) is 24.3 Å². The van der Waals surface area contributed by atoms with Crippen molar-refractivity contribution in [3.8, 4) is 0 Å². The zero-order valence-electron chi connectivity index (χ0n) is 15.6. The van der Waals surface area contributed by atoms with Crippen LogP contribution in [-0.2, 0) is 9.59 Å². The second-order valence-corrected chi connectivity index (χ2v) is 6.18. The summed E-state index contributed by atoms with van der Waals surface area (Å²) in [5.74, 6) is -0.626. The first-order valence-corrected chi connectivity index (χ1v) is 8.99. The maximum Gasteiger partial charge on any atom is 0.251 e. The summed E-state index contributed by atoms with van der Waals surface area (Å²) in [6, 6.07) is 16.3. The molecule has 0 saturated heterocycles. The van der Waals surface area contributed by atoms with Crippen molar-refractivity contribution in [3.63, 3.8) is 0 Å². The number of hydrogen-bond donors (Lipinski definition) is 3. The number of carbonyl (C=O) groups is 3. The van der Waals surface area contributed by atoms with Crippen molar-refractivity contribution >= 4 is 23.4 Å². The van der Waals surface area contributed by atoms with Crippen molar-refractivity contribution in [1.82, 2.24) is 10.6 Å². The monoisotopic (exact) mass is 367 g/mol. The SMILES string of the molecule is CCC(C(=O)NCCNC(=O)c1ccc(NC(C)=O)cc1)c1ccccc1. The summed E-state index contributed by atoms with van der Waals surface area (Å²) in [6.45, 7) is 4.10. The first-order chi connectivity index (χ1) is 13.0. The fraction of sp³-hybridized carbons (Fsp3) is 0.286. The molecule has 6 heteroatoms. The van der Waals surface area contributed by atoms with Crippen molar-refractivity contribution in [2.75, 3.05) is 18.4 Å². The summed E-state index contributed by atoms with van der Waals surface area (Å²) < 4.78 is 0. The molecule has 3 amide bonds. The number of hydrogen-bond acceptors (Lipinski definition) is 3. The van der Waals surface area contributed by atoms with Gasteiger partial charge in [-0.25, -0.2) is 0 Å².